The number of aromatic carboxylic acids is 1. The number of aromatic nitrogens is 1. The third kappa shape index (κ3) is 3.92. The molecule has 1 saturated heterocycles. The summed E-state index contributed by atoms with van der Waals surface area (Å²) in [6, 6.07) is 15.7. The number of aliphatic hydroxyl groups is 1. The van der Waals surface area contributed by atoms with Crippen LogP contribution in [0.25, 0.3) is 11.3 Å². The fraction of sp³-hybridized carbons (Fsp3) is 0.227. The summed E-state index contributed by atoms with van der Waals surface area (Å²) in [4.78, 5) is 17.6. The summed E-state index contributed by atoms with van der Waals surface area (Å²) in [6.45, 7) is 0.652. The Balaban J connectivity index is 1.67. The van der Waals surface area contributed by atoms with Crippen molar-refractivity contribution >= 4 is 23.3 Å². The molecule has 0 spiro atoms. The van der Waals surface area contributed by atoms with Crippen LogP contribution < -0.4 is 5.32 Å². The van der Waals surface area contributed by atoms with Crippen LogP contribution in [0.2, 0.25) is 0 Å². The van der Waals surface area contributed by atoms with Gasteiger partial charge in [0.1, 0.15) is 17.6 Å². The zero-order valence-electron chi connectivity index (χ0n) is 16.1. The largest absolute Gasteiger partial charge is 0.478 e. The monoisotopic (exact) mass is 423 g/mol. The van der Waals surface area contributed by atoms with Crippen LogP contribution in [0.3, 0.4) is 0 Å². The summed E-state index contributed by atoms with van der Waals surface area (Å²) in [5, 5.41) is 22.3. The Morgan fingerprint density at radius 2 is 1.97 bits per heavy atom. The van der Waals surface area contributed by atoms with Gasteiger partial charge >= 0.3 is 5.97 Å². The lowest BCUT2D eigenvalue weighted by atomic mass is 10.0. The van der Waals surface area contributed by atoms with E-state index < -0.39 is 5.97 Å². The number of nitrogens with zero attached hydrogens (tertiary/aromatic N) is 2. The van der Waals surface area contributed by atoms with Crippen LogP contribution >= 0.6 is 12.2 Å². The Kier molecular flexibility index (Phi) is 5.78. The molecule has 2 atom stereocenters. The first kappa shape index (κ1) is 20.1. The fourth-order valence-corrected chi connectivity index (χ4v) is 3.97. The standard InChI is InChI=1S/C22H21N3O4S/c26-13-3-12-25-20(19(24-22(25)30)16-4-1-2-11-23-16)18-10-9-17(29-18)14-5-7-15(8-6-14)21(27)28/h1-2,4-11,19-20,26H,3,12-13H2,(H,24,30)(H,27,28)/t19-,20+/m0/s1. The van der Waals surface area contributed by atoms with Crippen LogP contribution in [0.5, 0.6) is 0 Å². The maximum Gasteiger partial charge on any atom is 0.335 e. The second-order valence-electron chi connectivity index (χ2n) is 6.98. The molecule has 4 rings (SSSR count). The van der Waals surface area contributed by atoms with Gasteiger partial charge in [0.15, 0.2) is 5.11 Å². The van der Waals surface area contributed by atoms with E-state index in [1.165, 1.54) is 0 Å². The van der Waals surface area contributed by atoms with Crippen LogP contribution in [-0.2, 0) is 0 Å². The molecule has 0 bridgehead atoms. The second kappa shape index (κ2) is 8.64. The summed E-state index contributed by atoms with van der Waals surface area (Å²) in [7, 11) is 0. The number of carboxylic acid groups (broad SMARTS) is 1. The second-order valence-corrected chi connectivity index (χ2v) is 7.37. The lowest BCUT2D eigenvalue weighted by molar-refractivity contribution is 0.0697. The molecule has 1 aliphatic heterocycles. The molecule has 0 unspecified atom stereocenters. The Hall–Kier alpha value is -3.23. The molecule has 1 fully saturated rings. The zero-order valence-corrected chi connectivity index (χ0v) is 16.9. The lowest BCUT2D eigenvalue weighted by Gasteiger charge is -2.25. The van der Waals surface area contributed by atoms with Gasteiger partial charge in [-0.25, -0.2) is 4.79 Å². The molecule has 7 nitrogen and oxygen atoms in total. The van der Waals surface area contributed by atoms with E-state index >= 15 is 0 Å². The van der Waals surface area contributed by atoms with Crippen LogP contribution in [0, 0.1) is 0 Å². The molecular weight excluding hydrogens is 402 g/mol. The molecule has 30 heavy (non-hydrogen) atoms. The minimum absolute atomic E-state index is 0.0689. The Bertz CT molecular complexity index is 1040. The number of furan rings is 1. The van der Waals surface area contributed by atoms with Crippen molar-refractivity contribution in [1.29, 1.82) is 0 Å². The fourth-order valence-electron chi connectivity index (χ4n) is 3.64. The maximum atomic E-state index is 11.1. The molecular formula is C22H21N3O4S. The number of rotatable bonds is 7. The van der Waals surface area contributed by atoms with Crippen LogP contribution in [0.15, 0.2) is 65.2 Å². The average molecular weight is 423 g/mol. The van der Waals surface area contributed by atoms with Gasteiger partial charge in [-0.1, -0.05) is 18.2 Å². The predicted octanol–water partition coefficient (Wildman–Crippen LogP) is 3.39. The van der Waals surface area contributed by atoms with E-state index in [4.69, 9.17) is 21.7 Å². The number of aliphatic hydroxyl groups excluding tert-OH is 1. The number of nitrogens with one attached hydrogen (secondary N) is 1. The number of carboxylic acids is 1. The molecule has 0 amide bonds. The highest BCUT2D eigenvalue weighted by Crippen LogP contribution is 2.40. The van der Waals surface area contributed by atoms with E-state index in [0.29, 0.717) is 29.6 Å². The highest BCUT2D eigenvalue weighted by atomic mass is 32.1. The Morgan fingerprint density at radius 1 is 1.17 bits per heavy atom. The van der Waals surface area contributed by atoms with E-state index in [0.717, 1.165) is 11.3 Å². The zero-order chi connectivity index (χ0) is 21.1. The average Bonchev–Trinajstić information content (AvgIpc) is 3.37. The van der Waals surface area contributed by atoms with Gasteiger partial charge < -0.3 is 24.8 Å². The number of pyridine rings is 1. The van der Waals surface area contributed by atoms with Crippen LogP contribution in [0.1, 0.15) is 40.3 Å². The van der Waals surface area contributed by atoms with Gasteiger partial charge in [0.25, 0.3) is 0 Å². The lowest BCUT2D eigenvalue weighted by Crippen LogP contribution is -2.30. The van der Waals surface area contributed by atoms with Gasteiger partial charge in [-0.05, 0) is 55.0 Å². The highest BCUT2D eigenvalue weighted by molar-refractivity contribution is 7.80. The van der Waals surface area contributed by atoms with Gasteiger partial charge in [-0.15, -0.1) is 0 Å². The quantitative estimate of drug-likeness (QED) is 0.498. The Labute approximate surface area is 179 Å². The van der Waals surface area contributed by atoms with Crippen molar-refractivity contribution in [1.82, 2.24) is 15.2 Å². The molecule has 3 heterocycles. The van der Waals surface area contributed by atoms with Gasteiger partial charge in [0.05, 0.1) is 17.3 Å². The minimum atomic E-state index is -0.968. The summed E-state index contributed by atoms with van der Waals surface area (Å²) in [5.74, 6) is 0.389. The third-order valence-electron chi connectivity index (χ3n) is 5.09. The van der Waals surface area contributed by atoms with E-state index in [1.807, 2.05) is 35.2 Å². The van der Waals surface area contributed by atoms with Crippen molar-refractivity contribution in [2.45, 2.75) is 18.5 Å². The molecule has 2 aromatic heterocycles. The van der Waals surface area contributed by atoms with Gasteiger partial charge in [0.2, 0.25) is 0 Å². The molecule has 154 valence electrons. The first-order chi connectivity index (χ1) is 14.6. The van der Waals surface area contributed by atoms with E-state index in [-0.39, 0.29) is 24.3 Å². The molecule has 3 aromatic rings. The van der Waals surface area contributed by atoms with Crippen molar-refractivity contribution < 1.29 is 19.4 Å². The predicted molar refractivity (Wildman–Crippen MR) is 115 cm³/mol. The van der Waals surface area contributed by atoms with Crippen LogP contribution in [-0.4, -0.2) is 44.3 Å². The molecule has 0 radical (unpaired) electrons. The smallest absolute Gasteiger partial charge is 0.335 e. The van der Waals surface area contributed by atoms with Crippen molar-refractivity contribution in [3.63, 3.8) is 0 Å². The summed E-state index contributed by atoms with van der Waals surface area (Å²) in [5.41, 5.74) is 1.86. The molecule has 0 saturated carbocycles. The Morgan fingerprint density at radius 3 is 2.63 bits per heavy atom. The van der Waals surface area contributed by atoms with Crippen molar-refractivity contribution in [2.75, 3.05) is 13.2 Å². The SMILES string of the molecule is O=C(O)c1ccc(-c2ccc([C@@H]3[C@H](c4ccccn4)NC(=S)N3CCCO)o2)cc1. The number of benzene rings is 1. The number of hydrogen-bond donors (Lipinski definition) is 3. The maximum absolute atomic E-state index is 11.1. The van der Waals surface area contributed by atoms with Gasteiger partial charge in [-0.2, -0.15) is 0 Å². The first-order valence-corrected chi connectivity index (χ1v) is 10.0. The van der Waals surface area contributed by atoms with E-state index in [1.54, 1.807) is 30.5 Å². The van der Waals surface area contributed by atoms with Crippen LogP contribution in [0.4, 0.5) is 0 Å². The van der Waals surface area contributed by atoms with Crippen molar-refractivity contribution in [3.05, 3.63) is 77.8 Å². The molecule has 1 aromatic carbocycles. The molecule has 3 N–H and O–H groups in total. The summed E-state index contributed by atoms with van der Waals surface area (Å²) >= 11 is 5.56. The highest BCUT2D eigenvalue weighted by Gasteiger charge is 2.41. The third-order valence-corrected chi connectivity index (χ3v) is 5.44. The van der Waals surface area contributed by atoms with E-state index in [9.17, 15) is 9.90 Å². The summed E-state index contributed by atoms with van der Waals surface area (Å²) < 4.78 is 6.19. The minimum Gasteiger partial charge on any atom is -0.478 e. The summed E-state index contributed by atoms with van der Waals surface area (Å²) in [6.07, 6.45) is 2.32. The topological polar surface area (TPSA) is 98.8 Å². The molecule has 1 aliphatic rings. The van der Waals surface area contributed by atoms with Gasteiger partial charge in [0, 0.05) is 24.9 Å². The first-order valence-electron chi connectivity index (χ1n) is 9.61. The normalized spacial score (nSPS) is 18.4. The van der Waals surface area contributed by atoms with Crippen molar-refractivity contribution in [3.8, 4) is 11.3 Å². The number of carbonyl (C=O) groups is 1. The van der Waals surface area contributed by atoms with Crippen molar-refractivity contribution in [2.24, 2.45) is 0 Å². The molecule has 8 heteroatoms. The number of hydrogen-bond acceptors (Lipinski definition) is 5. The molecule has 0 aliphatic carbocycles. The van der Waals surface area contributed by atoms with Gasteiger partial charge in [-0.3, -0.25) is 4.98 Å². The number of thiocarbonyl (C=S) groups is 1. The van der Waals surface area contributed by atoms with E-state index in [2.05, 4.69) is 10.3 Å².